The van der Waals surface area contributed by atoms with Crippen LogP contribution >= 0.6 is 0 Å². The van der Waals surface area contributed by atoms with Crippen LogP contribution in [0.25, 0.3) is 0 Å². The standard InChI is InChI=1S/C18H20N2O4/c1-11(2)16-9-13(19-24-16)14-4-3-7-20(14)18(21)12-5-6-15-17(8-12)23-10-22-15/h5-6,8-9,11,14H,3-4,7,10H2,1-2H3/t14-/m0/s1. The maximum atomic E-state index is 12.9. The van der Waals surface area contributed by atoms with Crippen molar-refractivity contribution in [1.29, 1.82) is 0 Å². The maximum Gasteiger partial charge on any atom is 0.254 e. The highest BCUT2D eigenvalue weighted by atomic mass is 16.7. The third-order valence-electron chi connectivity index (χ3n) is 4.59. The summed E-state index contributed by atoms with van der Waals surface area (Å²) in [7, 11) is 0. The smallest absolute Gasteiger partial charge is 0.254 e. The fourth-order valence-electron chi connectivity index (χ4n) is 3.25. The maximum absolute atomic E-state index is 12.9. The molecule has 0 saturated carbocycles. The van der Waals surface area contributed by atoms with Crippen molar-refractivity contribution in [3.05, 3.63) is 41.3 Å². The number of rotatable bonds is 3. The van der Waals surface area contributed by atoms with Crippen LogP contribution in [-0.4, -0.2) is 29.3 Å². The van der Waals surface area contributed by atoms with E-state index in [1.807, 2.05) is 11.0 Å². The van der Waals surface area contributed by atoms with Crippen molar-refractivity contribution in [2.24, 2.45) is 0 Å². The highest BCUT2D eigenvalue weighted by Gasteiger charge is 2.33. The van der Waals surface area contributed by atoms with E-state index in [9.17, 15) is 4.79 Å². The number of aromatic nitrogens is 1. The SMILES string of the molecule is CC(C)c1cc([C@@H]2CCCN2C(=O)c2ccc3c(c2)OCO3)no1. The first kappa shape index (κ1) is 15.1. The number of ether oxygens (including phenoxy) is 2. The van der Waals surface area contributed by atoms with Crippen LogP contribution in [-0.2, 0) is 0 Å². The number of hydrogen-bond acceptors (Lipinski definition) is 5. The number of fused-ring (bicyclic) bond motifs is 1. The zero-order valence-corrected chi connectivity index (χ0v) is 13.8. The highest BCUT2D eigenvalue weighted by Crippen LogP contribution is 2.36. The number of nitrogens with zero attached hydrogens (tertiary/aromatic N) is 2. The molecule has 1 saturated heterocycles. The Hall–Kier alpha value is -2.50. The first-order valence-electron chi connectivity index (χ1n) is 8.30. The first-order chi connectivity index (χ1) is 11.6. The molecule has 24 heavy (non-hydrogen) atoms. The van der Waals surface area contributed by atoms with Gasteiger partial charge in [0.15, 0.2) is 11.5 Å². The number of carbonyl (C=O) groups is 1. The Balaban J connectivity index is 1.58. The molecule has 2 aliphatic heterocycles. The second kappa shape index (κ2) is 5.85. The number of hydrogen-bond donors (Lipinski definition) is 0. The van der Waals surface area contributed by atoms with Gasteiger partial charge in [-0.15, -0.1) is 0 Å². The van der Waals surface area contributed by atoms with Crippen molar-refractivity contribution in [2.45, 2.75) is 38.6 Å². The number of benzene rings is 1. The van der Waals surface area contributed by atoms with Crippen molar-refractivity contribution in [1.82, 2.24) is 10.1 Å². The van der Waals surface area contributed by atoms with Crippen LogP contribution < -0.4 is 9.47 Å². The molecular formula is C18H20N2O4. The third-order valence-corrected chi connectivity index (χ3v) is 4.59. The lowest BCUT2D eigenvalue weighted by molar-refractivity contribution is 0.0730. The van der Waals surface area contributed by atoms with E-state index in [1.54, 1.807) is 18.2 Å². The molecule has 2 aromatic rings. The molecule has 1 aromatic heterocycles. The van der Waals surface area contributed by atoms with Gasteiger partial charge in [0.1, 0.15) is 11.5 Å². The molecule has 4 rings (SSSR count). The van der Waals surface area contributed by atoms with E-state index in [-0.39, 0.29) is 24.7 Å². The molecule has 1 aromatic carbocycles. The number of carbonyl (C=O) groups excluding carboxylic acids is 1. The molecule has 3 heterocycles. The molecule has 126 valence electrons. The fourth-order valence-corrected chi connectivity index (χ4v) is 3.25. The second-order valence-electron chi connectivity index (χ2n) is 6.53. The van der Waals surface area contributed by atoms with Crippen LogP contribution in [0.3, 0.4) is 0 Å². The molecule has 0 unspecified atom stereocenters. The molecule has 0 radical (unpaired) electrons. The lowest BCUT2D eigenvalue weighted by Gasteiger charge is -2.23. The van der Waals surface area contributed by atoms with E-state index in [1.165, 1.54) is 0 Å². The van der Waals surface area contributed by atoms with Crippen molar-refractivity contribution in [3.8, 4) is 11.5 Å². The van der Waals surface area contributed by atoms with Crippen LogP contribution in [0.2, 0.25) is 0 Å². The van der Waals surface area contributed by atoms with Crippen LogP contribution in [0.15, 0.2) is 28.8 Å². The van der Waals surface area contributed by atoms with Gasteiger partial charge in [0.2, 0.25) is 6.79 Å². The molecule has 6 heteroatoms. The zero-order chi connectivity index (χ0) is 16.7. The Morgan fingerprint density at radius 2 is 2.08 bits per heavy atom. The van der Waals surface area contributed by atoms with Gasteiger partial charge in [0.05, 0.1) is 6.04 Å². The Morgan fingerprint density at radius 1 is 1.25 bits per heavy atom. The quantitative estimate of drug-likeness (QED) is 0.863. The summed E-state index contributed by atoms with van der Waals surface area (Å²) in [5, 5.41) is 4.19. The summed E-state index contributed by atoms with van der Waals surface area (Å²) in [5.74, 6) is 2.44. The van der Waals surface area contributed by atoms with Gasteiger partial charge in [-0.05, 0) is 31.0 Å². The predicted octanol–water partition coefficient (Wildman–Crippen LogP) is 3.50. The monoisotopic (exact) mass is 328 g/mol. The highest BCUT2D eigenvalue weighted by molar-refractivity contribution is 5.95. The van der Waals surface area contributed by atoms with Crippen molar-refractivity contribution < 1.29 is 18.8 Å². The average Bonchev–Trinajstić information content (AvgIpc) is 3.31. The van der Waals surface area contributed by atoms with E-state index in [0.29, 0.717) is 17.1 Å². The van der Waals surface area contributed by atoms with E-state index in [4.69, 9.17) is 14.0 Å². The summed E-state index contributed by atoms with van der Waals surface area (Å²) in [5.41, 5.74) is 1.45. The van der Waals surface area contributed by atoms with Gasteiger partial charge in [0.25, 0.3) is 5.91 Å². The molecule has 0 bridgehead atoms. The Bertz CT molecular complexity index is 768. The van der Waals surface area contributed by atoms with Gasteiger partial charge < -0.3 is 18.9 Å². The van der Waals surface area contributed by atoms with Crippen molar-refractivity contribution in [3.63, 3.8) is 0 Å². The Kier molecular flexibility index (Phi) is 3.67. The van der Waals surface area contributed by atoms with Crippen LogP contribution in [0, 0.1) is 0 Å². The van der Waals surface area contributed by atoms with Crippen LogP contribution in [0.5, 0.6) is 11.5 Å². The van der Waals surface area contributed by atoms with Crippen LogP contribution in [0.1, 0.15) is 60.5 Å². The number of amides is 1. The molecule has 0 aliphatic carbocycles. The fraction of sp³-hybridized carbons (Fsp3) is 0.444. The molecule has 2 aliphatic rings. The molecule has 1 atom stereocenters. The summed E-state index contributed by atoms with van der Waals surface area (Å²) in [6.45, 7) is 5.06. The molecule has 0 N–H and O–H groups in total. The van der Waals surface area contributed by atoms with Crippen LogP contribution in [0.4, 0.5) is 0 Å². The summed E-state index contributed by atoms with van der Waals surface area (Å²) in [6, 6.07) is 7.27. The summed E-state index contributed by atoms with van der Waals surface area (Å²) >= 11 is 0. The molecule has 0 spiro atoms. The molecule has 1 fully saturated rings. The minimum atomic E-state index is -0.0285. The van der Waals surface area contributed by atoms with E-state index in [2.05, 4.69) is 19.0 Å². The van der Waals surface area contributed by atoms with Gasteiger partial charge in [-0.2, -0.15) is 0 Å². The molecule has 1 amide bonds. The third kappa shape index (κ3) is 2.52. The Morgan fingerprint density at radius 3 is 2.88 bits per heavy atom. The second-order valence-corrected chi connectivity index (χ2v) is 6.53. The van der Waals surface area contributed by atoms with E-state index >= 15 is 0 Å². The van der Waals surface area contributed by atoms with Crippen molar-refractivity contribution in [2.75, 3.05) is 13.3 Å². The minimum Gasteiger partial charge on any atom is -0.454 e. The van der Waals surface area contributed by atoms with Crippen molar-refractivity contribution >= 4 is 5.91 Å². The summed E-state index contributed by atoms with van der Waals surface area (Å²) in [6.07, 6.45) is 1.87. The zero-order valence-electron chi connectivity index (χ0n) is 13.8. The first-order valence-corrected chi connectivity index (χ1v) is 8.30. The van der Waals surface area contributed by atoms with E-state index in [0.717, 1.165) is 30.8 Å². The van der Waals surface area contributed by atoms with Gasteiger partial charge in [-0.1, -0.05) is 19.0 Å². The predicted molar refractivity (Wildman–Crippen MR) is 86.2 cm³/mol. The lowest BCUT2D eigenvalue weighted by atomic mass is 10.1. The van der Waals surface area contributed by atoms with E-state index < -0.39 is 0 Å². The lowest BCUT2D eigenvalue weighted by Crippen LogP contribution is -2.30. The average molecular weight is 328 g/mol. The van der Waals surface area contributed by atoms with Gasteiger partial charge in [0, 0.05) is 24.1 Å². The normalized spacial score (nSPS) is 19.3. The number of likely N-dealkylation sites (tertiary alicyclic amines) is 1. The van der Waals surface area contributed by atoms with Gasteiger partial charge in [-0.25, -0.2) is 0 Å². The van der Waals surface area contributed by atoms with Gasteiger partial charge >= 0.3 is 0 Å². The molecular weight excluding hydrogens is 308 g/mol. The topological polar surface area (TPSA) is 64.8 Å². The molecule has 6 nitrogen and oxygen atoms in total. The van der Waals surface area contributed by atoms with Gasteiger partial charge in [-0.3, -0.25) is 4.79 Å². The minimum absolute atomic E-state index is 0.00935. The summed E-state index contributed by atoms with van der Waals surface area (Å²) in [4.78, 5) is 14.8. The summed E-state index contributed by atoms with van der Waals surface area (Å²) < 4.78 is 16.1. The largest absolute Gasteiger partial charge is 0.454 e. The Labute approximate surface area is 140 Å².